The molecule has 0 radical (unpaired) electrons. The van der Waals surface area contributed by atoms with E-state index in [1.165, 1.54) is 4.90 Å². The molecule has 0 saturated carbocycles. The Morgan fingerprint density at radius 3 is 2.67 bits per heavy atom. The van der Waals surface area contributed by atoms with E-state index in [0.717, 1.165) is 6.26 Å². The van der Waals surface area contributed by atoms with Gasteiger partial charge in [0.15, 0.2) is 0 Å². The zero-order chi connectivity index (χ0) is 11.5. The maximum atomic E-state index is 11.4. The van der Waals surface area contributed by atoms with Gasteiger partial charge in [-0.3, -0.25) is 9.59 Å². The van der Waals surface area contributed by atoms with Gasteiger partial charge in [0.1, 0.15) is 9.84 Å². The van der Waals surface area contributed by atoms with Crippen LogP contribution in [0.4, 0.5) is 0 Å². The third kappa shape index (κ3) is 4.28. The van der Waals surface area contributed by atoms with E-state index in [1.54, 1.807) is 0 Å². The molecule has 1 aliphatic heterocycles. The Balaban J connectivity index is 2.53. The van der Waals surface area contributed by atoms with E-state index < -0.39 is 9.84 Å². The summed E-state index contributed by atoms with van der Waals surface area (Å²) in [6.45, 7) is 0.412. The van der Waals surface area contributed by atoms with Gasteiger partial charge < -0.3 is 10.2 Å². The fraction of sp³-hybridized carbons (Fsp3) is 0.750. The molecule has 1 N–H and O–H groups in total. The van der Waals surface area contributed by atoms with Gasteiger partial charge in [-0.05, 0) is 0 Å². The highest BCUT2D eigenvalue weighted by molar-refractivity contribution is 7.90. The first-order valence-corrected chi connectivity index (χ1v) is 6.67. The van der Waals surface area contributed by atoms with Crippen LogP contribution < -0.4 is 5.32 Å². The highest BCUT2D eigenvalue weighted by Crippen LogP contribution is 1.98. The lowest BCUT2D eigenvalue weighted by atomic mass is 10.4. The van der Waals surface area contributed by atoms with Crippen molar-refractivity contribution in [1.82, 2.24) is 10.2 Å². The van der Waals surface area contributed by atoms with Gasteiger partial charge in [0.25, 0.3) is 0 Å². The predicted octanol–water partition coefficient (Wildman–Crippen LogP) is -1.62. The van der Waals surface area contributed by atoms with Crippen molar-refractivity contribution in [2.75, 3.05) is 31.6 Å². The summed E-state index contributed by atoms with van der Waals surface area (Å²) in [5.74, 6) is -0.470. The highest BCUT2D eigenvalue weighted by Gasteiger charge is 2.20. The molecule has 86 valence electrons. The normalized spacial score (nSPS) is 18.6. The van der Waals surface area contributed by atoms with Crippen LogP contribution in [-0.2, 0) is 19.4 Å². The highest BCUT2D eigenvalue weighted by atomic mass is 32.2. The molecular weight excluding hydrogens is 220 g/mol. The van der Waals surface area contributed by atoms with Crippen LogP contribution in [0.2, 0.25) is 0 Å². The molecule has 0 atom stereocenters. The van der Waals surface area contributed by atoms with Gasteiger partial charge in [-0.25, -0.2) is 8.42 Å². The van der Waals surface area contributed by atoms with E-state index in [9.17, 15) is 18.0 Å². The maximum Gasteiger partial charge on any atom is 0.242 e. The molecule has 1 fully saturated rings. The molecule has 1 saturated heterocycles. The van der Waals surface area contributed by atoms with Crippen LogP contribution in [0.5, 0.6) is 0 Å². The summed E-state index contributed by atoms with van der Waals surface area (Å²) in [5, 5.41) is 2.44. The summed E-state index contributed by atoms with van der Waals surface area (Å²) in [6.07, 6.45) is 1.36. The molecule has 0 aromatic heterocycles. The van der Waals surface area contributed by atoms with E-state index in [-0.39, 0.29) is 37.1 Å². The second kappa shape index (κ2) is 4.61. The van der Waals surface area contributed by atoms with Gasteiger partial charge in [0.2, 0.25) is 11.8 Å². The first kappa shape index (κ1) is 12.0. The molecule has 0 spiro atoms. The largest absolute Gasteiger partial charge is 0.347 e. The quantitative estimate of drug-likeness (QED) is 0.636. The molecule has 0 unspecified atom stereocenters. The summed E-state index contributed by atoms with van der Waals surface area (Å²) in [4.78, 5) is 23.8. The van der Waals surface area contributed by atoms with Crippen LogP contribution >= 0.6 is 0 Å². The number of hydrogen-bond donors (Lipinski definition) is 1. The Morgan fingerprint density at radius 2 is 2.07 bits per heavy atom. The summed E-state index contributed by atoms with van der Waals surface area (Å²) >= 11 is 0. The molecule has 1 aliphatic rings. The standard InChI is InChI=1S/C8H14N2O4S/c1-15(13,14)5-4-10-3-2-7(11)9-6-8(10)12/h2-6H2,1H3,(H,9,11). The number of nitrogens with one attached hydrogen (secondary N) is 1. The molecule has 0 aromatic rings. The van der Waals surface area contributed by atoms with Crippen LogP contribution in [0.1, 0.15) is 6.42 Å². The molecule has 1 rings (SSSR count). The zero-order valence-electron chi connectivity index (χ0n) is 8.52. The zero-order valence-corrected chi connectivity index (χ0v) is 9.34. The number of sulfone groups is 1. The number of carbonyl (C=O) groups excluding carboxylic acids is 2. The Kier molecular flexibility index (Phi) is 3.67. The van der Waals surface area contributed by atoms with Crippen LogP contribution in [0.25, 0.3) is 0 Å². The molecule has 15 heavy (non-hydrogen) atoms. The second-order valence-electron chi connectivity index (χ2n) is 3.54. The Labute approximate surface area is 88.5 Å². The van der Waals surface area contributed by atoms with Crippen LogP contribution in [0, 0.1) is 0 Å². The van der Waals surface area contributed by atoms with Crippen LogP contribution in [0.15, 0.2) is 0 Å². The first-order chi connectivity index (χ1) is 6.88. The number of rotatable bonds is 3. The number of nitrogens with zero attached hydrogens (tertiary/aromatic N) is 1. The molecule has 0 aromatic carbocycles. The van der Waals surface area contributed by atoms with Crippen LogP contribution in [0.3, 0.4) is 0 Å². The second-order valence-corrected chi connectivity index (χ2v) is 5.80. The SMILES string of the molecule is CS(=O)(=O)CCN1CCC(=O)NCC1=O. The van der Waals surface area contributed by atoms with Gasteiger partial charge in [0, 0.05) is 25.8 Å². The predicted molar refractivity (Wildman–Crippen MR) is 53.9 cm³/mol. The first-order valence-electron chi connectivity index (χ1n) is 4.61. The summed E-state index contributed by atoms with van der Waals surface area (Å²) in [6, 6.07) is 0. The van der Waals surface area contributed by atoms with E-state index in [0.29, 0.717) is 6.54 Å². The van der Waals surface area contributed by atoms with Gasteiger partial charge >= 0.3 is 0 Å². The Hall–Kier alpha value is -1.11. The van der Waals surface area contributed by atoms with Crippen molar-refractivity contribution in [3.63, 3.8) is 0 Å². The third-order valence-electron chi connectivity index (χ3n) is 2.13. The molecule has 7 heteroatoms. The van der Waals surface area contributed by atoms with E-state index in [4.69, 9.17) is 0 Å². The van der Waals surface area contributed by atoms with Crippen molar-refractivity contribution in [3.8, 4) is 0 Å². The minimum atomic E-state index is -3.07. The van der Waals surface area contributed by atoms with E-state index >= 15 is 0 Å². The van der Waals surface area contributed by atoms with E-state index in [2.05, 4.69) is 5.32 Å². The van der Waals surface area contributed by atoms with Crippen molar-refractivity contribution in [2.45, 2.75) is 6.42 Å². The molecule has 0 aliphatic carbocycles. The fourth-order valence-electron chi connectivity index (χ4n) is 1.25. The molecule has 2 amide bonds. The smallest absolute Gasteiger partial charge is 0.242 e. The van der Waals surface area contributed by atoms with Crippen LogP contribution in [-0.4, -0.2) is 56.8 Å². The molecule has 0 bridgehead atoms. The van der Waals surface area contributed by atoms with Crippen molar-refractivity contribution in [3.05, 3.63) is 0 Å². The fourth-order valence-corrected chi connectivity index (χ4v) is 1.80. The van der Waals surface area contributed by atoms with Gasteiger partial charge in [0.05, 0.1) is 12.3 Å². The number of carbonyl (C=O) groups is 2. The average molecular weight is 234 g/mol. The minimum Gasteiger partial charge on any atom is -0.347 e. The Bertz CT molecular complexity index is 363. The molecule has 1 heterocycles. The van der Waals surface area contributed by atoms with Gasteiger partial charge in [-0.2, -0.15) is 0 Å². The molecule has 6 nitrogen and oxygen atoms in total. The van der Waals surface area contributed by atoms with Crippen molar-refractivity contribution in [1.29, 1.82) is 0 Å². The summed E-state index contributed by atoms with van der Waals surface area (Å²) in [5.41, 5.74) is 0. The molecular formula is C8H14N2O4S. The topological polar surface area (TPSA) is 83.6 Å². The average Bonchev–Trinajstić information content (AvgIpc) is 2.26. The lowest BCUT2D eigenvalue weighted by molar-refractivity contribution is -0.129. The van der Waals surface area contributed by atoms with Crippen molar-refractivity contribution >= 4 is 21.7 Å². The van der Waals surface area contributed by atoms with Gasteiger partial charge in [-0.15, -0.1) is 0 Å². The number of amides is 2. The summed E-state index contributed by atoms with van der Waals surface area (Å²) in [7, 11) is -3.07. The Morgan fingerprint density at radius 1 is 1.40 bits per heavy atom. The third-order valence-corrected chi connectivity index (χ3v) is 3.05. The monoisotopic (exact) mass is 234 g/mol. The summed E-state index contributed by atoms with van der Waals surface area (Å²) < 4.78 is 21.8. The lowest BCUT2D eigenvalue weighted by Gasteiger charge is -2.18. The van der Waals surface area contributed by atoms with Crippen molar-refractivity contribution in [2.24, 2.45) is 0 Å². The van der Waals surface area contributed by atoms with E-state index in [1.807, 2.05) is 0 Å². The number of hydrogen-bond acceptors (Lipinski definition) is 4. The minimum absolute atomic E-state index is 0.0391. The maximum absolute atomic E-state index is 11.4. The van der Waals surface area contributed by atoms with Crippen molar-refractivity contribution < 1.29 is 18.0 Å². The van der Waals surface area contributed by atoms with Gasteiger partial charge in [-0.1, -0.05) is 0 Å². The lowest BCUT2D eigenvalue weighted by Crippen LogP contribution is -2.38.